The number of carboxylic acid groups (broad SMARTS) is 1. The van der Waals surface area contributed by atoms with E-state index < -0.39 is 54.0 Å². The van der Waals surface area contributed by atoms with E-state index in [9.17, 15) is 34.5 Å². The SMILES string of the molecule is CC(O)C(NC(=O)C(N)Cc1cnc[nH]1)C(=O)NC(CCCCN)C(=O)NC(Cc1ccc(O)cc1)C(=O)O. The average Bonchev–Trinajstić information content (AvgIpc) is 3.40. The molecule has 0 fully saturated rings. The predicted molar refractivity (Wildman–Crippen MR) is 140 cm³/mol. The van der Waals surface area contributed by atoms with Crippen LogP contribution in [0.1, 0.15) is 37.4 Å². The number of unbranched alkanes of at least 4 members (excludes halogenated alkanes) is 1. The third-order valence-corrected chi connectivity index (χ3v) is 5.96. The summed E-state index contributed by atoms with van der Waals surface area (Å²) < 4.78 is 0. The van der Waals surface area contributed by atoms with Crippen molar-refractivity contribution in [3.05, 3.63) is 48.0 Å². The van der Waals surface area contributed by atoms with Crippen molar-refractivity contribution < 1.29 is 34.5 Å². The molecule has 1 aromatic heterocycles. The highest BCUT2D eigenvalue weighted by molar-refractivity contribution is 5.94. The smallest absolute Gasteiger partial charge is 0.326 e. The van der Waals surface area contributed by atoms with Gasteiger partial charge in [0, 0.05) is 24.7 Å². The van der Waals surface area contributed by atoms with E-state index in [1.807, 2.05) is 0 Å². The number of aromatic hydroxyl groups is 1. The van der Waals surface area contributed by atoms with E-state index in [2.05, 4.69) is 25.9 Å². The van der Waals surface area contributed by atoms with Gasteiger partial charge >= 0.3 is 5.97 Å². The summed E-state index contributed by atoms with van der Waals surface area (Å²) >= 11 is 0. The van der Waals surface area contributed by atoms with Crippen LogP contribution in [0.3, 0.4) is 0 Å². The number of carboxylic acids is 1. The van der Waals surface area contributed by atoms with Crippen molar-refractivity contribution >= 4 is 23.7 Å². The van der Waals surface area contributed by atoms with Gasteiger partial charge in [-0.2, -0.15) is 0 Å². The predicted octanol–water partition coefficient (Wildman–Crippen LogP) is -1.72. The fourth-order valence-electron chi connectivity index (χ4n) is 3.75. The Morgan fingerprint density at radius 2 is 1.64 bits per heavy atom. The fraction of sp³-hybridized carbons (Fsp3) is 0.480. The molecule has 11 N–H and O–H groups in total. The molecule has 0 spiro atoms. The quantitative estimate of drug-likeness (QED) is 0.108. The van der Waals surface area contributed by atoms with Crippen molar-refractivity contribution in [1.29, 1.82) is 0 Å². The van der Waals surface area contributed by atoms with Crippen LogP contribution < -0.4 is 27.4 Å². The summed E-state index contributed by atoms with van der Waals surface area (Å²) in [6.07, 6.45) is 2.79. The first-order chi connectivity index (χ1) is 18.5. The van der Waals surface area contributed by atoms with Gasteiger partial charge in [0.15, 0.2) is 0 Å². The van der Waals surface area contributed by atoms with Gasteiger partial charge in [-0.1, -0.05) is 12.1 Å². The molecule has 5 atom stereocenters. The Morgan fingerprint density at radius 1 is 0.974 bits per heavy atom. The van der Waals surface area contributed by atoms with Gasteiger partial charge in [0.05, 0.1) is 18.5 Å². The number of aromatic nitrogens is 2. The maximum absolute atomic E-state index is 13.1. The highest BCUT2D eigenvalue weighted by Gasteiger charge is 2.32. The van der Waals surface area contributed by atoms with Crippen LogP contribution >= 0.6 is 0 Å². The lowest BCUT2D eigenvalue weighted by Gasteiger charge is -2.26. The molecule has 0 radical (unpaired) electrons. The number of carbonyl (C=O) groups is 4. The molecule has 0 aliphatic heterocycles. The zero-order valence-corrected chi connectivity index (χ0v) is 21.7. The topological polar surface area (TPSA) is 246 Å². The summed E-state index contributed by atoms with van der Waals surface area (Å²) in [7, 11) is 0. The fourth-order valence-corrected chi connectivity index (χ4v) is 3.75. The second kappa shape index (κ2) is 15.4. The second-order valence-electron chi connectivity index (χ2n) is 9.23. The number of rotatable bonds is 16. The maximum atomic E-state index is 13.1. The summed E-state index contributed by atoms with van der Waals surface area (Å²) in [4.78, 5) is 57.3. The molecule has 14 nitrogen and oxygen atoms in total. The van der Waals surface area contributed by atoms with Gasteiger partial charge in [-0.15, -0.1) is 0 Å². The Hall–Kier alpha value is -4.01. The molecule has 3 amide bonds. The molecule has 5 unspecified atom stereocenters. The van der Waals surface area contributed by atoms with Crippen molar-refractivity contribution in [2.75, 3.05) is 6.54 Å². The number of aliphatic hydroxyl groups is 1. The van der Waals surface area contributed by atoms with Crippen molar-refractivity contribution in [3.63, 3.8) is 0 Å². The molecule has 2 rings (SSSR count). The molecule has 0 aliphatic carbocycles. The third kappa shape index (κ3) is 10.3. The summed E-state index contributed by atoms with van der Waals surface area (Å²) in [5.41, 5.74) is 12.6. The number of phenols is 1. The van der Waals surface area contributed by atoms with Crippen molar-refractivity contribution in [2.45, 2.75) is 69.3 Å². The Morgan fingerprint density at radius 3 is 2.21 bits per heavy atom. The number of hydrogen-bond acceptors (Lipinski definition) is 9. The summed E-state index contributed by atoms with van der Waals surface area (Å²) in [6.45, 7) is 1.65. The van der Waals surface area contributed by atoms with E-state index in [4.69, 9.17) is 11.5 Å². The average molecular weight is 548 g/mol. The normalized spacial score (nSPS) is 14.9. The monoisotopic (exact) mass is 547 g/mol. The van der Waals surface area contributed by atoms with Crippen LogP contribution in [-0.4, -0.2) is 85.8 Å². The van der Waals surface area contributed by atoms with Crippen molar-refractivity contribution in [1.82, 2.24) is 25.9 Å². The van der Waals surface area contributed by atoms with Crippen LogP contribution in [0.4, 0.5) is 0 Å². The van der Waals surface area contributed by atoms with Gasteiger partial charge in [-0.05, 0) is 50.4 Å². The van der Waals surface area contributed by atoms with Gasteiger partial charge in [0.25, 0.3) is 0 Å². The minimum atomic E-state index is -1.43. The van der Waals surface area contributed by atoms with Crippen LogP contribution in [0.15, 0.2) is 36.8 Å². The number of nitrogens with two attached hydrogens (primary N) is 2. The number of benzene rings is 1. The Balaban J connectivity index is 2.10. The lowest BCUT2D eigenvalue weighted by Crippen LogP contribution is -2.60. The number of H-pyrrole nitrogens is 1. The first-order valence-corrected chi connectivity index (χ1v) is 12.5. The first kappa shape index (κ1) is 31.2. The van der Waals surface area contributed by atoms with E-state index in [-0.39, 0.29) is 25.0 Å². The number of nitrogens with one attached hydrogen (secondary N) is 4. The number of imidazole rings is 1. The number of aliphatic hydroxyl groups excluding tert-OH is 1. The molecule has 0 aliphatic rings. The number of carbonyl (C=O) groups excluding carboxylic acids is 3. The van der Waals surface area contributed by atoms with Gasteiger partial charge in [-0.25, -0.2) is 9.78 Å². The Bertz CT molecular complexity index is 1080. The molecule has 2 aromatic rings. The Kier molecular flexibility index (Phi) is 12.3. The van der Waals surface area contributed by atoms with Gasteiger partial charge in [-0.3, -0.25) is 14.4 Å². The minimum absolute atomic E-state index is 0.0133. The van der Waals surface area contributed by atoms with E-state index in [1.54, 1.807) is 0 Å². The van der Waals surface area contributed by atoms with Gasteiger partial charge in [0.2, 0.25) is 17.7 Å². The van der Waals surface area contributed by atoms with Gasteiger partial charge in [0.1, 0.15) is 23.9 Å². The van der Waals surface area contributed by atoms with Crippen molar-refractivity contribution in [3.8, 4) is 5.75 Å². The molecule has 39 heavy (non-hydrogen) atoms. The summed E-state index contributed by atoms with van der Waals surface area (Å²) in [6, 6.07) is 0.915. The summed E-state index contributed by atoms with van der Waals surface area (Å²) in [5.74, 6) is -3.57. The van der Waals surface area contributed by atoms with E-state index in [0.29, 0.717) is 30.6 Å². The van der Waals surface area contributed by atoms with E-state index in [1.165, 1.54) is 43.7 Å². The van der Waals surface area contributed by atoms with Crippen LogP contribution in [0.5, 0.6) is 5.75 Å². The molecular formula is C25H37N7O7. The molecule has 0 saturated carbocycles. The molecule has 1 aromatic carbocycles. The number of aromatic amines is 1. The molecular weight excluding hydrogens is 510 g/mol. The zero-order valence-electron chi connectivity index (χ0n) is 21.7. The second-order valence-corrected chi connectivity index (χ2v) is 9.23. The van der Waals surface area contributed by atoms with Crippen LogP contribution in [0, 0.1) is 0 Å². The molecule has 14 heteroatoms. The highest BCUT2D eigenvalue weighted by Crippen LogP contribution is 2.12. The van der Waals surface area contributed by atoms with Gasteiger partial charge < -0.3 is 47.7 Å². The largest absolute Gasteiger partial charge is 0.508 e. The number of nitrogens with zero attached hydrogens (tertiary/aromatic N) is 1. The lowest BCUT2D eigenvalue weighted by atomic mass is 10.0. The zero-order chi connectivity index (χ0) is 28.9. The molecule has 214 valence electrons. The lowest BCUT2D eigenvalue weighted by molar-refractivity contribution is -0.142. The van der Waals surface area contributed by atoms with E-state index in [0.717, 1.165) is 0 Å². The molecule has 0 saturated heterocycles. The minimum Gasteiger partial charge on any atom is -0.508 e. The number of phenolic OH excluding ortho intramolecular Hbond substituents is 1. The number of amides is 3. The van der Waals surface area contributed by atoms with Crippen LogP contribution in [0.2, 0.25) is 0 Å². The Labute approximate surface area is 225 Å². The number of aliphatic carboxylic acids is 1. The molecule has 0 bridgehead atoms. The molecule has 1 heterocycles. The van der Waals surface area contributed by atoms with Crippen molar-refractivity contribution in [2.24, 2.45) is 11.5 Å². The van der Waals surface area contributed by atoms with Crippen LogP contribution in [-0.2, 0) is 32.0 Å². The van der Waals surface area contributed by atoms with Crippen LogP contribution in [0.25, 0.3) is 0 Å². The van der Waals surface area contributed by atoms with E-state index >= 15 is 0 Å². The highest BCUT2D eigenvalue weighted by atomic mass is 16.4. The standard InChI is InChI=1S/C25H37N7O7/c1-14(33)21(32-22(35)18(27)11-16-12-28-13-29-16)24(37)30-19(4-2-3-9-26)23(36)31-20(25(38)39)10-15-5-7-17(34)8-6-15/h5-8,12-14,18-21,33-34H,2-4,9-11,26-27H2,1H3,(H,28,29)(H,30,37)(H,31,36)(H,32,35)(H,38,39). The third-order valence-electron chi connectivity index (χ3n) is 5.96. The maximum Gasteiger partial charge on any atom is 0.326 e. The summed E-state index contributed by atoms with van der Waals surface area (Å²) in [5, 5.41) is 36.6. The number of hydrogen-bond donors (Lipinski definition) is 9. The first-order valence-electron chi connectivity index (χ1n) is 12.5.